The fourth-order valence-electron chi connectivity index (χ4n) is 2.47. The molecule has 6 heteroatoms. The largest absolute Gasteiger partial charge is 0.348 e. The van der Waals surface area contributed by atoms with Gasteiger partial charge in [0, 0.05) is 31.4 Å². The van der Waals surface area contributed by atoms with Gasteiger partial charge in [-0.2, -0.15) is 0 Å². The van der Waals surface area contributed by atoms with E-state index in [4.69, 9.17) is 11.6 Å². The molecular weight excluding hydrogens is 282 g/mol. The van der Waals surface area contributed by atoms with Crippen molar-refractivity contribution in [2.45, 2.75) is 18.8 Å². The zero-order chi connectivity index (χ0) is 13.2. The number of carbonyl (C=O) groups excluding carboxylic acids is 1. The number of aromatic nitrogens is 2. The van der Waals surface area contributed by atoms with Crippen LogP contribution in [0.25, 0.3) is 0 Å². The fraction of sp³-hybridized carbons (Fsp3) is 0.385. The molecule has 0 radical (unpaired) electrons. The Morgan fingerprint density at radius 1 is 1.53 bits per heavy atom. The molecule has 1 amide bonds. The number of hydrogen-bond acceptors (Lipinski definition) is 3. The van der Waals surface area contributed by atoms with Crippen LogP contribution in [-0.2, 0) is 0 Å². The molecule has 1 saturated heterocycles. The Bertz CT molecular complexity index is 566. The minimum absolute atomic E-state index is 0.0770. The van der Waals surface area contributed by atoms with Gasteiger partial charge in [-0.25, -0.2) is 4.98 Å². The summed E-state index contributed by atoms with van der Waals surface area (Å²) in [6, 6.07) is 3.57. The predicted molar refractivity (Wildman–Crippen MR) is 75.8 cm³/mol. The number of imidazole rings is 1. The average Bonchev–Trinajstić information content (AvgIpc) is 3.09. The van der Waals surface area contributed by atoms with Crippen molar-refractivity contribution >= 4 is 28.8 Å². The standard InChI is InChI=1S/C13H14ClN3OS/c14-11-4-3-10(19-11)13(18)17-7-1-2-9(8-17)12-15-5-6-16-12/h3-6,9H,1-2,7-8H2,(H,15,16)/t9-/m0/s1. The molecular formula is C13H14ClN3OS. The summed E-state index contributed by atoms with van der Waals surface area (Å²) in [7, 11) is 0. The molecule has 0 saturated carbocycles. The van der Waals surface area contributed by atoms with Gasteiger partial charge in [0.1, 0.15) is 5.82 Å². The third-order valence-corrected chi connectivity index (χ3v) is 4.62. The second-order valence-electron chi connectivity index (χ2n) is 4.67. The number of nitrogens with one attached hydrogen (secondary N) is 1. The van der Waals surface area contributed by atoms with Gasteiger partial charge in [0.25, 0.3) is 5.91 Å². The maximum atomic E-state index is 12.4. The summed E-state index contributed by atoms with van der Waals surface area (Å²) in [6.07, 6.45) is 5.67. The molecule has 1 N–H and O–H groups in total. The summed E-state index contributed by atoms with van der Waals surface area (Å²) in [4.78, 5) is 22.4. The molecule has 0 spiro atoms. The number of likely N-dealkylation sites (tertiary alicyclic amines) is 1. The van der Waals surface area contributed by atoms with Crippen LogP contribution >= 0.6 is 22.9 Å². The van der Waals surface area contributed by atoms with Crippen LogP contribution in [0.1, 0.15) is 34.3 Å². The van der Waals surface area contributed by atoms with E-state index in [1.807, 2.05) is 11.1 Å². The predicted octanol–water partition coefficient (Wildman–Crippen LogP) is 3.14. The topological polar surface area (TPSA) is 49.0 Å². The zero-order valence-electron chi connectivity index (χ0n) is 10.3. The third-order valence-electron chi connectivity index (χ3n) is 3.40. The first-order valence-corrected chi connectivity index (χ1v) is 7.47. The summed E-state index contributed by atoms with van der Waals surface area (Å²) in [5, 5.41) is 0. The second-order valence-corrected chi connectivity index (χ2v) is 6.38. The number of hydrogen-bond donors (Lipinski definition) is 1. The lowest BCUT2D eigenvalue weighted by Crippen LogP contribution is -2.39. The number of aromatic amines is 1. The summed E-state index contributed by atoms with van der Waals surface area (Å²) in [5.74, 6) is 1.36. The molecule has 0 unspecified atom stereocenters. The quantitative estimate of drug-likeness (QED) is 0.925. The molecule has 19 heavy (non-hydrogen) atoms. The average molecular weight is 296 g/mol. The Kier molecular flexibility index (Phi) is 3.57. The summed E-state index contributed by atoms with van der Waals surface area (Å²) in [6.45, 7) is 1.54. The van der Waals surface area contributed by atoms with Gasteiger partial charge in [0.05, 0.1) is 9.21 Å². The first-order valence-electron chi connectivity index (χ1n) is 6.28. The number of halogens is 1. The van der Waals surface area contributed by atoms with E-state index in [1.54, 1.807) is 18.3 Å². The van der Waals surface area contributed by atoms with Gasteiger partial charge in [-0.3, -0.25) is 4.79 Å². The Morgan fingerprint density at radius 2 is 2.42 bits per heavy atom. The van der Waals surface area contributed by atoms with Crippen LogP contribution in [-0.4, -0.2) is 33.9 Å². The lowest BCUT2D eigenvalue weighted by molar-refractivity contribution is 0.0709. The second kappa shape index (κ2) is 5.35. The summed E-state index contributed by atoms with van der Waals surface area (Å²) >= 11 is 7.23. The highest BCUT2D eigenvalue weighted by atomic mass is 35.5. The number of amides is 1. The van der Waals surface area contributed by atoms with Gasteiger partial charge in [-0.15, -0.1) is 11.3 Å². The van der Waals surface area contributed by atoms with Crippen molar-refractivity contribution in [3.05, 3.63) is 39.6 Å². The molecule has 2 aromatic rings. The van der Waals surface area contributed by atoms with Gasteiger partial charge >= 0.3 is 0 Å². The van der Waals surface area contributed by atoms with Crippen molar-refractivity contribution < 1.29 is 4.79 Å². The van der Waals surface area contributed by atoms with Gasteiger partial charge < -0.3 is 9.88 Å². The number of thiophene rings is 1. The van der Waals surface area contributed by atoms with E-state index in [0.717, 1.165) is 31.8 Å². The molecule has 1 aliphatic heterocycles. The molecule has 1 atom stereocenters. The number of H-pyrrole nitrogens is 1. The van der Waals surface area contributed by atoms with Crippen molar-refractivity contribution in [3.8, 4) is 0 Å². The van der Waals surface area contributed by atoms with E-state index in [-0.39, 0.29) is 5.91 Å². The molecule has 0 aliphatic carbocycles. The lowest BCUT2D eigenvalue weighted by Gasteiger charge is -2.31. The Hall–Kier alpha value is -1.33. The maximum Gasteiger partial charge on any atom is 0.263 e. The summed E-state index contributed by atoms with van der Waals surface area (Å²) < 4.78 is 0.656. The molecule has 100 valence electrons. The number of rotatable bonds is 2. The minimum Gasteiger partial charge on any atom is -0.348 e. The monoisotopic (exact) mass is 295 g/mol. The van der Waals surface area contributed by atoms with Crippen molar-refractivity contribution in [1.29, 1.82) is 0 Å². The molecule has 1 aliphatic rings. The molecule has 0 aromatic carbocycles. The Labute approximate surface area is 120 Å². The fourth-order valence-corrected chi connectivity index (χ4v) is 3.48. The molecule has 0 bridgehead atoms. The molecule has 4 nitrogen and oxygen atoms in total. The van der Waals surface area contributed by atoms with Crippen molar-refractivity contribution in [2.24, 2.45) is 0 Å². The van der Waals surface area contributed by atoms with Crippen LogP contribution in [0.3, 0.4) is 0 Å². The highest BCUT2D eigenvalue weighted by Gasteiger charge is 2.27. The maximum absolute atomic E-state index is 12.4. The van der Waals surface area contributed by atoms with Crippen LogP contribution in [0.2, 0.25) is 4.34 Å². The number of nitrogens with zero attached hydrogens (tertiary/aromatic N) is 2. The van der Waals surface area contributed by atoms with Crippen molar-refractivity contribution in [2.75, 3.05) is 13.1 Å². The normalized spacial score (nSPS) is 19.6. The van der Waals surface area contributed by atoms with Gasteiger partial charge in [-0.05, 0) is 25.0 Å². The first-order chi connectivity index (χ1) is 9.24. The van der Waals surface area contributed by atoms with E-state index in [2.05, 4.69) is 9.97 Å². The summed E-state index contributed by atoms with van der Waals surface area (Å²) in [5.41, 5.74) is 0. The third kappa shape index (κ3) is 2.67. The zero-order valence-corrected chi connectivity index (χ0v) is 11.9. The van der Waals surface area contributed by atoms with E-state index in [1.165, 1.54) is 11.3 Å². The smallest absolute Gasteiger partial charge is 0.263 e. The van der Waals surface area contributed by atoms with Gasteiger partial charge in [0.15, 0.2) is 0 Å². The van der Waals surface area contributed by atoms with E-state index >= 15 is 0 Å². The Morgan fingerprint density at radius 3 is 3.11 bits per heavy atom. The molecule has 2 aromatic heterocycles. The van der Waals surface area contributed by atoms with Crippen molar-refractivity contribution in [1.82, 2.24) is 14.9 Å². The SMILES string of the molecule is O=C(c1ccc(Cl)s1)N1CCC[C@H](c2ncc[nH]2)C1. The highest BCUT2D eigenvalue weighted by Crippen LogP contribution is 2.28. The minimum atomic E-state index is 0.0770. The van der Waals surface area contributed by atoms with E-state index < -0.39 is 0 Å². The Balaban J connectivity index is 1.73. The number of carbonyl (C=O) groups is 1. The molecule has 1 fully saturated rings. The first kappa shape index (κ1) is 12.7. The van der Waals surface area contributed by atoms with Gasteiger partial charge in [0.2, 0.25) is 0 Å². The lowest BCUT2D eigenvalue weighted by atomic mass is 9.97. The highest BCUT2D eigenvalue weighted by molar-refractivity contribution is 7.17. The van der Waals surface area contributed by atoms with Gasteiger partial charge in [-0.1, -0.05) is 11.6 Å². The van der Waals surface area contributed by atoms with Crippen LogP contribution in [0, 0.1) is 0 Å². The van der Waals surface area contributed by atoms with Crippen LogP contribution in [0.4, 0.5) is 0 Å². The van der Waals surface area contributed by atoms with Crippen molar-refractivity contribution in [3.63, 3.8) is 0 Å². The number of piperidine rings is 1. The van der Waals surface area contributed by atoms with Crippen LogP contribution in [0.15, 0.2) is 24.5 Å². The van der Waals surface area contributed by atoms with Crippen LogP contribution in [0.5, 0.6) is 0 Å². The molecule has 3 rings (SSSR count). The molecule has 3 heterocycles. The van der Waals surface area contributed by atoms with E-state index in [9.17, 15) is 4.79 Å². The van der Waals surface area contributed by atoms with Crippen LogP contribution < -0.4 is 0 Å². The van der Waals surface area contributed by atoms with E-state index in [0.29, 0.717) is 15.1 Å².